The van der Waals surface area contributed by atoms with Crippen LogP contribution in [0.4, 0.5) is 10.1 Å². The van der Waals surface area contributed by atoms with E-state index in [0.717, 1.165) is 37.9 Å². The minimum Gasteiger partial charge on any atom is -0.340 e. The monoisotopic (exact) mass is 509 g/mol. The molecule has 10 heteroatoms. The van der Waals surface area contributed by atoms with Crippen molar-refractivity contribution in [1.29, 1.82) is 0 Å². The summed E-state index contributed by atoms with van der Waals surface area (Å²) in [5.41, 5.74) is 1.38. The summed E-state index contributed by atoms with van der Waals surface area (Å²) in [6.45, 7) is 3.85. The van der Waals surface area contributed by atoms with Gasteiger partial charge in [-0.3, -0.25) is 24.6 Å². The van der Waals surface area contributed by atoms with Crippen molar-refractivity contribution in [2.45, 2.75) is 50.4 Å². The molecule has 37 heavy (non-hydrogen) atoms. The molecular formula is C27H32FN5O4. The number of carbonyl (C=O) groups excluding carboxylic acids is 2. The van der Waals surface area contributed by atoms with Crippen LogP contribution in [0, 0.1) is 15.9 Å². The van der Waals surface area contributed by atoms with Crippen LogP contribution < -0.4 is 5.32 Å². The van der Waals surface area contributed by atoms with Crippen LogP contribution in [0.3, 0.4) is 0 Å². The van der Waals surface area contributed by atoms with E-state index in [4.69, 9.17) is 0 Å². The SMILES string of the molecule is O=C(C1CC(N(Cc2ccc([N+](=O)[O-])cc2)C2CC2)CN1C(=O)c1ccc(F)cc1)N1CCCNCC1. The van der Waals surface area contributed by atoms with Crippen LogP contribution in [-0.4, -0.2) is 82.3 Å². The van der Waals surface area contributed by atoms with Crippen molar-refractivity contribution in [1.82, 2.24) is 20.0 Å². The third-order valence-electron chi connectivity index (χ3n) is 7.57. The minimum absolute atomic E-state index is 0.0221. The molecule has 196 valence electrons. The van der Waals surface area contributed by atoms with Gasteiger partial charge >= 0.3 is 0 Å². The molecule has 2 aromatic carbocycles. The highest BCUT2D eigenvalue weighted by Crippen LogP contribution is 2.36. The Kier molecular flexibility index (Phi) is 7.48. The molecule has 2 unspecified atom stereocenters. The number of hydrogen-bond acceptors (Lipinski definition) is 6. The molecule has 9 nitrogen and oxygen atoms in total. The summed E-state index contributed by atoms with van der Waals surface area (Å²) < 4.78 is 13.5. The van der Waals surface area contributed by atoms with Crippen LogP contribution >= 0.6 is 0 Å². The van der Waals surface area contributed by atoms with Crippen molar-refractivity contribution in [3.63, 3.8) is 0 Å². The zero-order valence-electron chi connectivity index (χ0n) is 20.7. The molecule has 3 fully saturated rings. The summed E-state index contributed by atoms with van der Waals surface area (Å²) >= 11 is 0. The van der Waals surface area contributed by atoms with E-state index in [1.54, 1.807) is 17.0 Å². The molecule has 0 radical (unpaired) electrons. The van der Waals surface area contributed by atoms with Crippen LogP contribution in [0.1, 0.15) is 41.6 Å². The Hall–Kier alpha value is -3.37. The molecule has 2 atom stereocenters. The van der Waals surface area contributed by atoms with Crippen molar-refractivity contribution in [2.24, 2.45) is 0 Å². The molecule has 3 aliphatic rings. The van der Waals surface area contributed by atoms with Gasteiger partial charge in [-0.15, -0.1) is 0 Å². The largest absolute Gasteiger partial charge is 0.340 e. The predicted octanol–water partition coefficient (Wildman–Crippen LogP) is 2.80. The molecule has 2 amide bonds. The van der Waals surface area contributed by atoms with Crippen LogP contribution in [0.5, 0.6) is 0 Å². The lowest BCUT2D eigenvalue weighted by Crippen LogP contribution is -2.48. The summed E-state index contributed by atoms with van der Waals surface area (Å²) in [4.78, 5) is 43.8. The summed E-state index contributed by atoms with van der Waals surface area (Å²) in [7, 11) is 0. The van der Waals surface area contributed by atoms with Crippen molar-refractivity contribution in [2.75, 3.05) is 32.7 Å². The maximum absolute atomic E-state index is 13.7. The predicted molar refractivity (Wildman–Crippen MR) is 135 cm³/mol. The Bertz CT molecular complexity index is 1130. The Labute approximate surface area is 215 Å². The number of nitro groups is 1. The first-order valence-corrected chi connectivity index (χ1v) is 13.0. The van der Waals surface area contributed by atoms with Crippen LogP contribution in [0.2, 0.25) is 0 Å². The fourth-order valence-electron chi connectivity index (χ4n) is 5.44. The Morgan fingerprint density at radius 3 is 2.43 bits per heavy atom. The van der Waals surface area contributed by atoms with E-state index in [-0.39, 0.29) is 23.5 Å². The van der Waals surface area contributed by atoms with Gasteiger partial charge in [0.2, 0.25) is 5.91 Å². The topological polar surface area (TPSA) is 99.0 Å². The number of benzene rings is 2. The van der Waals surface area contributed by atoms with Crippen molar-refractivity contribution in [3.05, 3.63) is 75.6 Å². The first-order valence-electron chi connectivity index (χ1n) is 13.0. The third-order valence-corrected chi connectivity index (χ3v) is 7.57. The van der Waals surface area contributed by atoms with Gasteiger partial charge in [-0.1, -0.05) is 12.1 Å². The van der Waals surface area contributed by atoms with E-state index in [1.807, 2.05) is 4.90 Å². The molecular weight excluding hydrogens is 477 g/mol. The second-order valence-corrected chi connectivity index (χ2v) is 10.1. The molecule has 5 rings (SSSR count). The standard InChI is InChI=1S/C27H32FN5O4/c28-21-6-4-20(5-7-21)26(34)32-18-24(16-25(32)27(35)30-14-1-12-29-13-15-30)31(22-10-11-22)17-19-2-8-23(9-3-19)33(36)37/h2-9,22,24-25,29H,1,10-18H2. The van der Waals surface area contributed by atoms with Gasteiger partial charge in [-0.05, 0) is 62.1 Å². The molecule has 2 aromatic rings. The summed E-state index contributed by atoms with van der Waals surface area (Å²) in [6.07, 6.45) is 3.49. The molecule has 0 aromatic heterocycles. The number of rotatable bonds is 7. The van der Waals surface area contributed by atoms with Gasteiger partial charge < -0.3 is 15.1 Å². The molecule has 1 aliphatic carbocycles. The average Bonchev–Trinajstić information content (AvgIpc) is 3.70. The number of likely N-dealkylation sites (tertiary alicyclic amines) is 1. The van der Waals surface area contributed by atoms with Crippen LogP contribution in [-0.2, 0) is 11.3 Å². The normalized spacial score (nSPS) is 22.2. The number of hydrogen-bond donors (Lipinski definition) is 1. The van der Waals surface area contributed by atoms with E-state index >= 15 is 0 Å². The second kappa shape index (κ2) is 10.9. The number of nitro benzene ring substituents is 1. The lowest BCUT2D eigenvalue weighted by Gasteiger charge is -2.29. The number of nitrogens with one attached hydrogen (secondary N) is 1. The van der Waals surface area contributed by atoms with E-state index < -0.39 is 16.8 Å². The molecule has 0 spiro atoms. The first kappa shape index (κ1) is 25.3. The van der Waals surface area contributed by atoms with Gasteiger partial charge in [0.25, 0.3) is 11.6 Å². The smallest absolute Gasteiger partial charge is 0.269 e. The zero-order chi connectivity index (χ0) is 25.9. The maximum atomic E-state index is 13.7. The van der Waals surface area contributed by atoms with Crippen molar-refractivity contribution in [3.8, 4) is 0 Å². The fraction of sp³-hybridized carbons (Fsp3) is 0.481. The van der Waals surface area contributed by atoms with E-state index in [2.05, 4.69) is 10.2 Å². The number of non-ortho nitro benzene ring substituents is 1. The summed E-state index contributed by atoms with van der Waals surface area (Å²) in [6, 6.07) is 11.8. The molecule has 0 bridgehead atoms. The number of nitrogens with zero attached hydrogens (tertiary/aromatic N) is 4. The number of carbonyl (C=O) groups is 2. The lowest BCUT2D eigenvalue weighted by molar-refractivity contribution is -0.384. The van der Waals surface area contributed by atoms with E-state index in [9.17, 15) is 24.1 Å². The average molecular weight is 510 g/mol. The van der Waals surface area contributed by atoms with Crippen LogP contribution in [0.25, 0.3) is 0 Å². The molecule has 1 saturated carbocycles. The summed E-state index contributed by atoms with van der Waals surface area (Å²) in [5.74, 6) is -0.712. The third kappa shape index (κ3) is 5.80. The number of halogens is 1. The van der Waals surface area contributed by atoms with Gasteiger partial charge in [0.15, 0.2) is 0 Å². The highest BCUT2D eigenvalue weighted by atomic mass is 19.1. The summed E-state index contributed by atoms with van der Waals surface area (Å²) in [5, 5.41) is 14.4. The fourth-order valence-corrected chi connectivity index (χ4v) is 5.44. The van der Waals surface area contributed by atoms with Crippen molar-refractivity contribution >= 4 is 17.5 Å². The molecule has 2 aliphatic heterocycles. The molecule has 2 heterocycles. The van der Waals surface area contributed by atoms with Gasteiger partial charge in [0, 0.05) is 62.5 Å². The van der Waals surface area contributed by atoms with Gasteiger partial charge in [0.1, 0.15) is 11.9 Å². The Morgan fingerprint density at radius 2 is 1.76 bits per heavy atom. The Morgan fingerprint density at radius 1 is 1.03 bits per heavy atom. The van der Waals surface area contributed by atoms with E-state index in [0.29, 0.717) is 44.2 Å². The second-order valence-electron chi connectivity index (χ2n) is 10.1. The number of amides is 2. The van der Waals surface area contributed by atoms with Gasteiger partial charge in [0.05, 0.1) is 4.92 Å². The van der Waals surface area contributed by atoms with Gasteiger partial charge in [-0.2, -0.15) is 0 Å². The maximum Gasteiger partial charge on any atom is 0.269 e. The van der Waals surface area contributed by atoms with E-state index in [1.165, 1.54) is 36.4 Å². The molecule has 2 saturated heterocycles. The Balaban J connectivity index is 1.39. The van der Waals surface area contributed by atoms with Crippen molar-refractivity contribution < 1.29 is 18.9 Å². The lowest BCUT2D eigenvalue weighted by atomic mass is 10.1. The highest BCUT2D eigenvalue weighted by Gasteiger charge is 2.46. The zero-order valence-corrected chi connectivity index (χ0v) is 20.7. The quantitative estimate of drug-likeness (QED) is 0.455. The molecule has 1 N–H and O–H groups in total. The minimum atomic E-state index is -0.584. The highest BCUT2D eigenvalue weighted by molar-refractivity contribution is 5.98. The van der Waals surface area contributed by atoms with Crippen LogP contribution in [0.15, 0.2) is 48.5 Å². The first-order chi connectivity index (χ1) is 17.9. The van der Waals surface area contributed by atoms with Gasteiger partial charge in [-0.25, -0.2) is 4.39 Å².